The highest BCUT2D eigenvalue weighted by molar-refractivity contribution is 8.01. The number of ether oxygens (including phenoxy) is 2. The van der Waals surface area contributed by atoms with Gasteiger partial charge in [0.2, 0.25) is 0 Å². The molecule has 230 valence electrons. The van der Waals surface area contributed by atoms with Crippen molar-refractivity contribution < 1.29 is 18.7 Å². The number of nitrogens with one attached hydrogen (secondary N) is 1. The quantitative estimate of drug-likeness (QED) is 0.205. The lowest BCUT2D eigenvalue weighted by atomic mass is 9.94. The number of hydrogen-bond acceptors (Lipinski definition) is 10. The van der Waals surface area contributed by atoms with Gasteiger partial charge in [0.15, 0.2) is 25.7 Å². The third-order valence-corrected chi connectivity index (χ3v) is 10.4. The molecule has 12 heteroatoms. The third-order valence-electron chi connectivity index (χ3n) is 7.36. The van der Waals surface area contributed by atoms with Gasteiger partial charge in [0, 0.05) is 11.8 Å². The number of benzene rings is 3. The molecule has 1 aliphatic rings. The second-order valence-electron chi connectivity index (χ2n) is 10.2. The van der Waals surface area contributed by atoms with Crippen LogP contribution in [0.1, 0.15) is 24.3 Å². The number of rotatable bonds is 8. The van der Waals surface area contributed by atoms with E-state index in [2.05, 4.69) is 10.3 Å². The standard InChI is InChI=1S/C34H26N4O5S3/c1-19-29(31(39)36-21-9-5-4-6-10-21)30(20-13-15-24(41-2)25(17-20)42-3)38-32(40)27(44-33(38)35-19)18-22-14-16-28(43-22)46-34-37-23-11-7-8-12-26(23)45-34/h4-18,30H,1-3H3,(H,36,39)/b27-18-/t30-/m1/s1. The van der Waals surface area contributed by atoms with E-state index in [4.69, 9.17) is 18.9 Å². The number of para-hydroxylation sites is 2. The summed E-state index contributed by atoms with van der Waals surface area (Å²) in [5.74, 6) is 1.18. The smallest absolute Gasteiger partial charge is 0.271 e. The van der Waals surface area contributed by atoms with Crippen molar-refractivity contribution >= 4 is 62.3 Å². The molecule has 0 bridgehead atoms. The van der Waals surface area contributed by atoms with E-state index < -0.39 is 6.04 Å². The monoisotopic (exact) mass is 666 g/mol. The van der Waals surface area contributed by atoms with E-state index in [1.165, 1.54) is 23.1 Å². The van der Waals surface area contributed by atoms with E-state index in [0.29, 0.717) is 54.2 Å². The molecule has 3 aromatic heterocycles. The SMILES string of the molecule is COc1ccc([C@@H]2C(C(=O)Nc3ccccc3)=C(C)N=c3s/c(=C\c4ccc(Sc5nc6ccccc6s5)o4)c(=O)n32)cc1OC. The molecular formula is C34H26N4O5S3. The summed E-state index contributed by atoms with van der Waals surface area (Å²) in [5.41, 5.74) is 2.81. The summed E-state index contributed by atoms with van der Waals surface area (Å²) in [6.45, 7) is 1.78. The van der Waals surface area contributed by atoms with Crippen LogP contribution in [0.5, 0.6) is 11.5 Å². The van der Waals surface area contributed by atoms with Crippen LogP contribution in [0.25, 0.3) is 16.3 Å². The van der Waals surface area contributed by atoms with Gasteiger partial charge in [0.1, 0.15) is 5.76 Å². The lowest BCUT2D eigenvalue weighted by Crippen LogP contribution is -2.40. The first-order valence-electron chi connectivity index (χ1n) is 14.2. The number of anilines is 1. The minimum absolute atomic E-state index is 0.294. The molecule has 9 nitrogen and oxygen atoms in total. The van der Waals surface area contributed by atoms with Crippen molar-refractivity contribution in [2.24, 2.45) is 4.99 Å². The summed E-state index contributed by atoms with van der Waals surface area (Å²) < 4.78 is 21.1. The van der Waals surface area contributed by atoms with Gasteiger partial charge in [-0.25, -0.2) is 9.98 Å². The maximum absolute atomic E-state index is 14.1. The minimum atomic E-state index is -0.774. The minimum Gasteiger partial charge on any atom is -0.493 e. The number of amides is 1. The first kappa shape index (κ1) is 29.8. The number of allylic oxidation sites excluding steroid dienone is 1. The van der Waals surface area contributed by atoms with Crippen LogP contribution < -0.4 is 29.7 Å². The molecule has 1 aliphatic heterocycles. The van der Waals surface area contributed by atoms with E-state index in [1.54, 1.807) is 67.4 Å². The molecule has 0 aliphatic carbocycles. The topological polar surface area (TPSA) is 108 Å². The van der Waals surface area contributed by atoms with E-state index >= 15 is 0 Å². The second kappa shape index (κ2) is 12.5. The van der Waals surface area contributed by atoms with Crippen LogP contribution in [0.4, 0.5) is 5.69 Å². The van der Waals surface area contributed by atoms with Crippen molar-refractivity contribution in [2.75, 3.05) is 19.5 Å². The zero-order valence-electron chi connectivity index (χ0n) is 24.8. The van der Waals surface area contributed by atoms with Gasteiger partial charge < -0.3 is 19.2 Å². The Hall–Kier alpha value is -4.91. The van der Waals surface area contributed by atoms with Gasteiger partial charge in [-0.05, 0) is 72.8 Å². The zero-order chi connectivity index (χ0) is 31.8. The Morgan fingerprint density at radius 3 is 2.54 bits per heavy atom. The predicted octanol–water partition coefficient (Wildman–Crippen LogP) is 6.25. The van der Waals surface area contributed by atoms with Crippen molar-refractivity contribution in [1.29, 1.82) is 0 Å². The zero-order valence-corrected chi connectivity index (χ0v) is 27.3. The lowest BCUT2D eigenvalue weighted by molar-refractivity contribution is -0.113. The molecule has 1 N–H and O–H groups in total. The van der Waals surface area contributed by atoms with E-state index in [9.17, 15) is 9.59 Å². The van der Waals surface area contributed by atoms with Gasteiger partial charge in [-0.1, -0.05) is 47.7 Å². The van der Waals surface area contributed by atoms with Crippen molar-refractivity contribution in [3.8, 4) is 11.5 Å². The fourth-order valence-corrected chi connectivity index (χ4v) is 8.24. The van der Waals surface area contributed by atoms with Crippen molar-refractivity contribution in [2.45, 2.75) is 22.4 Å². The Morgan fingerprint density at radius 2 is 1.76 bits per heavy atom. The molecule has 3 aromatic carbocycles. The molecule has 1 atom stereocenters. The molecular weight excluding hydrogens is 641 g/mol. The first-order valence-corrected chi connectivity index (χ1v) is 16.6. The van der Waals surface area contributed by atoms with Crippen LogP contribution in [0.3, 0.4) is 0 Å². The Bertz CT molecular complexity index is 2280. The Balaban J connectivity index is 1.29. The number of thiazole rings is 2. The highest BCUT2D eigenvalue weighted by Gasteiger charge is 2.33. The molecule has 4 heterocycles. The first-order chi connectivity index (χ1) is 22.4. The second-order valence-corrected chi connectivity index (χ2v) is 13.5. The highest BCUT2D eigenvalue weighted by Crippen LogP contribution is 2.37. The van der Waals surface area contributed by atoms with Crippen molar-refractivity contribution in [3.63, 3.8) is 0 Å². The Morgan fingerprint density at radius 1 is 0.978 bits per heavy atom. The number of carbonyl (C=O) groups is 1. The molecule has 46 heavy (non-hydrogen) atoms. The van der Waals surface area contributed by atoms with Gasteiger partial charge in [-0.2, -0.15) is 0 Å². The molecule has 0 unspecified atom stereocenters. The molecule has 6 aromatic rings. The summed E-state index contributed by atoms with van der Waals surface area (Å²) in [4.78, 5) is 37.8. The Labute approximate surface area is 275 Å². The van der Waals surface area contributed by atoms with Gasteiger partial charge in [0.05, 0.1) is 46.3 Å². The van der Waals surface area contributed by atoms with Gasteiger partial charge in [0.25, 0.3) is 11.5 Å². The fraction of sp³-hybridized carbons (Fsp3) is 0.118. The van der Waals surface area contributed by atoms with E-state index in [-0.39, 0.29) is 11.5 Å². The van der Waals surface area contributed by atoms with E-state index in [0.717, 1.165) is 14.6 Å². The van der Waals surface area contributed by atoms with Crippen LogP contribution in [0.15, 0.2) is 120 Å². The molecule has 0 spiro atoms. The Kier molecular flexibility index (Phi) is 8.07. The molecule has 1 amide bonds. The van der Waals surface area contributed by atoms with Crippen LogP contribution >= 0.6 is 34.4 Å². The normalized spacial score (nSPS) is 14.7. The number of aromatic nitrogens is 2. The molecule has 0 radical (unpaired) electrons. The summed E-state index contributed by atoms with van der Waals surface area (Å²) in [5, 5.41) is 3.63. The van der Waals surface area contributed by atoms with Crippen LogP contribution in [0, 0.1) is 0 Å². The van der Waals surface area contributed by atoms with Crippen LogP contribution in [-0.4, -0.2) is 29.7 Å². The predicted molar refractivity (Wildman–Crippen MR) is 181 cm³/mol. The van der Waals surface area contributed by atoms with Crippen LogP contribution in [0.2, 0.25) is 0 Å². The fourth-order valence-electron chi connectivity index (χ4n) is 5.25. The molecule has 0 saturated heterocycles. The van der Waals surface area contributed by atoms with Gasteiger partial charge >= 0.3 is 0 Å². The summed E-state index contributed by atoms with van der Waals surface area (Å²) in [7, 11) is 3.10. The molecule has 7 rings (SSSR count). The van der Waals surface area contributed by atoms with Gasteiger partial charge in [-0.15, -0.1) is 11.3 Å². The molecule has 0 saturated carbocycles. The molecule has 0 fully saturated rings. The number of methoxy groups -OCH3 is 2. The maximum atomic E-state index is 14.1. The third kappa shape index (κ3) is 5.66. The lowest BCUT2D eigenvalue weighted by Gasteiger charge is -2.26. The maximum Gasteiger partial charge on any atom is 0.271 e. The summed E-state index contributed by atoms with van der Waals surface area (Å²) in [6, 6.07) is 25.4. The number of furan rings is 1. The number of hydrogen-bond donors (Lipinski definition) is 1. The van der Waals surface area contributed by atoms with E-state index in [1.807, 2.05) is 60.7 Å². The number of carbonyl (C=O) groups excluding carboxylic acids is 1. The summed E-state index contributed by atoms with van der Waals surface area (Å²) >= 11 is 4.27. The van der Waals surface area contributed by atoms with Gasteiger partial charge in [-0.3, -0.25) is 14.2 Å². The number of nitrogens with zero attached hydrogens (tertiary/aromatic N) is 3. The average molecular weight is 667 g/mol. The summed E-state index contributed by atoms with van der Waals surface area (Å²) in [6.07, 6.45) is 1.71. The average Bonchev–Trinajstić information content (AvgIpc) is 3.77. The van der Waals surface area contributed by atoms with Crippen LogP contribution in [-0.2, 0) is 4.79 Å². The van der Waals surface area contributed by atoms with Crippen molar-refractivity contribution in [1.82, 2.24) is 9.55 Å². The van der Waals surface area contributed by atoms with Crippen molar-refractivity contribution in [3.05, 3.63) is 127 Å². The number of fused-ring (bicyclic) bond motifs is 2. The highest BCUT2D eigenvalue weighted by atomic mass is 32.2. The largest absolute Gasteiger partial charge is 0.493 e.